The minimum absolute atomic E-state index is 0.162. The molecule has 0 radical (unpaired) electrons. The third-order valence-electron chi connectivity index (χ3n) is 5.85. The Balaban J connectivity index is 1.96. The molecule has 0 aliphatic carbocycles. The normalized spacial score (nSPS) is 11.6. The van der Waals surface area contributed by atoms with Crippen LogP contribution in [0, 0.1) is 5.82 Å². The molecule has 0 spiro atoms. The Morgan fingerprint density at radius 2 is 1.55 bits per heavy atom. The van der Waals surface area contributed by atoms with Gasteiger partial charge in [0.25, 0.3) is 0 Å². The minimum atomic E-state index is -1.61. The molecule has 0 saturated carbocycles. The molecule has 11 heteroatoms. The van der Waals surface area contributed by atoms with Crippen molar-refractivity contribution in [2.24, 2.45) is 0 Å². The van der Waals surface area contributed by atoms with E-state index in [1.165, 1.54) is 52.7 Å². The molecule has 38 heavy (non-hydrogen) atoms. The Kier molecular flexibility index (Phi) is 7.87. The second kappa shape index (κ2) is 11.3. The van der Waals surface area contributed by atoms with Crippen molar-refractivity contribution in [3.8, 4) is 23.0 Å². The molecule has 0 amide bonds. The summed E-state index contributed by atoms with van der Waals surface area (Å²) in [5.74, 6) is -2.20. The van der Waals surface area contributed by atoms with Crippen molar-refractivity contribution in [1.82, 2.24) is 8.75 Å². The number of benzene rings is 3. The number of carbonyl (C=O) groups is 2. The molecule has 9 nitrogen and oxygen atoms in total. The van der Waals surface area contributed by atoms with Gasteiger partial charge in [-0.15, -0.1) is 0 Å². The maximum Gasteiger partial charge on any atom is 0.203 e. The van der Waals surface area contributed by atoms with Crippen LogP contribution in [0.25, 0.3) is 16.6 Å². The monoisotopic (exact) mass is 537 g/mol. The van der Waals surface area contributed by atoms with Crippen LogP contribution < -0.4 is 24.1 Å². The van der Waals surface area contributed by atoms with E-state index in [-0.39, 0.29) is 28.9 Å². The summed E-state index contributed by atoms with van der Waals surface area (Å²) in [5.41, 5.74) is 0.668. The predicted octanol–water partition coefficient (Wildman–Crippen LogP) is 3.49. The second-order valence-electron chi connectivity index (χ2n) is 7.99. The zero-order valence-electron chi connectivity index (χ0n) is 20.9. The molecular weight excluding hydrogens is 515 g/mol. The van der Waals surface area contributed by atoms with Gasteiger partial charge in [0.2, 0.25) is 5.75 Å². The lowest BCUT2D eigenvalue weighted by Crippen LogP contribution is -2.27. The van der Waals surface area contributed by atoms with Gasteiger partial charge in [-0.3, -0.25) is 4.79 Å². The highest BCUT2D eigenvalue weighted by atomic mass is 32.1. The molecular formula is C27H22FN2O7S-. The number of fused-ring (bicyclic) bond motifs is 1. The average Bonchev–Trinajstić information content (AvgIpc) is 3.39. The second-order valence-corrected chi connectivity index (χ2v) is 8.52. The predicted molar refractivity (Wildman–Crippen MR) is 136 cm³/mol. The van der Waals surface area contributed by atoms with Gasteiger partial charge < -0.3 is 28.8 Å². The number of ketones is 1. The number of Topliss-reactive ketones (excluding diaryl/α,β-unsaturated/α-hetero) is 1. The number of ether oxygens (including phenoxy) is 4. The third-order valence-corrected chi connectivity index (χ3v) is 6.41. The molecule has 4 rings (SSSR count). The van der Waals surface area contributed by atoms with Gasteiger partial charge in [-0.05, 0) is 47.5 Å². The van der Waals surface area contributed by atoms with Crippen molar-refractivity contribution in [1.29, 1.82) is 0 Å². The summed E-state index contributed by atoms with van der Waals surface area (Å²) in [6.45, 7) is 0. The number of aromatic nitrogens is 2. The Bertz CT molecular complexity index is 1540. The molecule has 0 aliphatic rings. The van der Waals surface area contributed by atoms with E-state index in [9.17, 15) is 19.1 Å². The van der Waals surface area contributed by atoms with E-state index >= 15 is 0 Å². The highest BCUT2D eigenvalue weighted by molar-refractivity contribution is 7.00. The summed E-state index contributed by atoms with van der Waals surface area (Å²) < 4.78 is 44.5. The zero-order valence-corrected chi connectivity index (χ0v) is 21.7. The summed E-state index contributed by atoms with van der Waals surface area (Å²) in [6.07, 6.45) is -0.225. The van der Waals surface area contributed by atoms with Gasteiger partial charge in [0.05, 0.1) is 51.7 Å². The minimum Gasteiger partial charge on any atom is -0.545 e. The number of hydrogen-bond acceptors (Lipinski definition) is 10. The fraction of sp³-hybridized carbons (Fsp3) is 0.185. The number of carboxylic acids is 1. The molecule has 0 fully saturated rings. The third kappa shape index (κ3) is 5.14. The first-order valence-electron chi connectivity index (χ1n) is 11.2. The Morgan fingerprint density at radius 3 is 2.13 bits per heavy atom. The first kappa shape index (κ1) is 26.6. The summed E-state index contributed by atoms with van der Waals surface area (Å²) in [5, 5.41) is 12.5. The highest BCUT2D eigenvalue weighted by Gasteiger charge is 2.25. The standard InChI is InChI=1S/C27H23FN2O7S/c1-34-16-6-7-17(19(28)13-16)25(31)18(9-14-10-22(35-2)26(37-4)23(11-14)36-3)24(27(32)33)15-5-8-20-21(12-15)30-38-29-20/h5-8,10-13H,9H2,1-4H3,(H,32,33)/p-1/b24-18-. The number of carboxylic acid groups (broad SMARTS) is 1. The lowest BCUT2D eigenvalue weighted by Gasteiger charge is -2.19. The molecule has 0 aliphatic heterocycles. The summed E-state index contributed by atoms with van der Waals surface area (Å²) in [4.78, 5) is 26.3. The van der Waals surface area contributed by atoms with Crippen LogP contribution in [0.15, 0.2) is 54.1 Å². The number of methoxy groups -OCH3 is 4. The van der Waals surface area contributed by atoms with Gasteiger partial charge >= 0.3 is 0 Å². The number of allylic oxidation sites excluding steroid dienone is 1. The maximum atomic E-state index is 15.0. The topological polar surface area (TPSA) is 120 Å². The molecule has 4 aromatic rings. The van der Waals surface area contributed by atoms with Gasteiger partial charge in [-0.2, -0.15) is 8.75 Å². The number of aliphatic carboxylic acids is 1. The van der Waals surface area contributed by atoms with Crippen LogP contribution in [0.1, 0.15) is 21.5 Å². The first-order valence-corrected chi connectivity index (χ1v) is 11.9. The van der Waals surface area contributed by atoms with E-state index in [1.54, 1.807) is 18.2 Å². The number of nitrogens with zero attached hydrogens (tertiary/aromatic N) is 2. The lowest BCUT2D eigenvalue weighted by molar-refractivity contribution is -0.295. The molecule has 0 saturated heterocycles. The Labute approximate surface area is 221 Å². The molecule has 0 unspecified atom stereocenters. The average molecular weight is 538 g/mol. The van der Waals surface area contributed by atoms with Crippen molar-refractivity contribution in [2.45, 2.75) is 6.42 Å². The maximum absolute atomic E-state index is 15.0. The molecule has 1 heterocycles. The molecule has 3 aromatic carbocycles. The van der Waals surface area contributed by atoms with Gasteiger partial charge in [0.15, 0.2) is 17.3 Å². The summed E-state index contributed by atoms with van der Waals surface area (Å²) >= 11 is 0.966. The number of halogens is 1. The van der Waals surface area contributed by atoms with E-state index in [0.29, 0.717) is 33.8 Å². The van der Waals surface area contributed by atoms with Crippen LogP contribution in [-0.2, 0) is 11.2 Å². The van der Waals surface area contributed by atoms with Crippen LogP contribution in [0.3, 0.4) is 0 Å². The van der Waals surface area contributed by atoms with Crippen molar-refractivity contribution >= 4 is 40.1 Å². The van der Waals surface area contributed by atoms with Crippen LogP contribution in [-0.4, -0.2) is 48.9 Å². The van der Waals surface area contributed by atoms with Crippen molar-refractivity contribution in [3.05, 3.63) is 76.6 Å². The van der Waals surface area contributed by atoms with Crippen molar-refractivity contribution in [2.75, 3.05) is 28.4 Å². The quantitative estimate of drug-likeness (QED) is 0.221. The highest BCUT2D eigenvalue weighted by Crippen LogP contribution is 2.39. The largest absolute Gasteiger partial charge is 0.545 e. The van der Waals surface area contributed by atoms with Gasteiger partial charge in [0, 0.05) is 23.6 Å². The smallest absolute Gasteiger partial charge is 0.203 e. The fourth-order valence-corrected chi connectivity index (χ4v) is 4.56. The molecule has 0 atom stereocenters. The number of hydrogen-bond donors (Lipinski definition) is 0. The van der Waals surface area contributed by atoms with Crippen LogP contribution in [0.5, 0.6) is 23.0 Å². The fourth-order valence-electron chi connectivity index (χ4n) is 4.05. The molecule has 196 valence electrons. The van der Waals surface area contributed by atoms with Gasteiger partial charge in [-0.25, -0.2) is 4.39 Å². The van der Waals surface area contributed by atoms with E-state index in [2.05, 4.69) is 8.75 Å². The van der Waals surface area contributed by atoms with E-state index < -0.39 is 23.1 Å². The van der Waals surface area contributed by atoms with Crippen LogP contribution >= 0.6 is 11.7 Å². The summed E-state index contributed by atoms with van der Waals surface area (Å²) in [7, 11) is 5.67. The van der Waals surface area contributed by atoms with E-state index in [1.807, 2.05) is 0 Å². The van der Waals surface area contributed by atoms with Gasteiger partial charge in [-0.1, -0.05) is 6.07 Å². The van der Waals surface area contributed by atoms with Crippen LogP contribution in [0.4, 0.5) is 4.39 Å². The first-order chi connectivity index (χ1) is 18.3. The van der Waals surface area contributed by atoms with Crippen molar-refractivity contribution in [3.63, 3.8) is 0 Å². The van der Waals surface area contributed by atoms with Crippen molar-refractivity contribution < 1.29 is 38.0 Å². The molecule has 0 bridgehead atoms. The number of carbonyl (C=O) groups excluding carboxylic acids is 2. The zero-order chi connectivity index (χ0) is 27.4. The van der Waals surface area contributed by atoms with E-state index in [4.69, 9.17) is 18.9 Å². The lowest BCUT2D eigenvalue weighted by atomic mass is 9.89. The SMILES string of the molecule is COc1ccc(C(=O)/C(Cc2cc(OC)c(OC)c(OC)c2)=C(\C(=O)[O-])c2ccc3nsnc3c2)c(F)c1. The molecule has 0 N–H and O–H groups in total. The van der Waals surface area contributed by atoms with E-state index in [0.717, 1.165) is 17.8 Å². The summed E-state index contributed by atoms with van der Waals surface area (Å²) in [6, 6.07) is 11.5. The molecule has 1 aromatic heterocycles. The number of rotatable bonds is 10. The van der Waals surface area contributed by atoms with Gasteiger partial charge in [0.1, 0.15) is 22.6 Å². The Morgan fingerprint density at radius 1 is 0.868 bits per heavy atom. The Hall–Kier alpha value is -4.51. The van der Waals surface area contributed by atoms with Crippen LogP contribution in [0.2, 0.25) is 0 Å².